The smallest absolute Gasteiger partial charge is 0.263 e. The third-order valence-corrected chi connectivity index (χ3v) is 5.98. The predicted molar refractivity (Wildman–Crippen MR) is 111 cm³/mol. The summed E-state index contributed by atoms with van der Waals surface area (Å²) in [5.74, 6) is -0.284. The molecule has 1 unspecified atom stereocenters. The van der Waals surface area contributed by atoms with Crippen molar-refractivity contribution in [3.8, 4) is 0 Å². The molecular formula is C22H21N3O2S. The predicted octanol–water partition coefficient (Wildman–Crippen LogP) is 3.58. The fraction of sp³-hybridized carbons (Fsp3) is 0.227. The average Bonchev–Trinajstić information content (AvgIpc) is 3.26. The van der Waals surface area contributed by atoms with Crippen molar-refractivity contribution >= 4 is 28.8 Å². The molecule has 1 saturated heterocycles. The van der Waals surface area contributed by atoms with Gasteiger partial charge < -0.3 is 10.2 Å². The summed E-state index contributed by atoms with van der Waals surface area (Å²) in [6, 6.07) is 19.1. The Hall–Kier alpha value is -2.99. The maximum absolute atomic E-state index is 12.8. The molecule has 0 bridgehead atoms. The van der Waals surface area contributed by atoms with Gasteiger partial charge in [0.25, 0.3) is 5.91 Å². The zero-order valence-corrected chi connectivity index (χ0v) is 16.4. The Bertz CT molecular complexity index is 986. The molecule has 1 N–H and O–H groups in total. The molecule has 1 aromatic heterocycles. The van der Waals surface area contributed by atoms with E-state index < -0.39 is 6.04 Å². The maximum Gasteiger partial charge on any atom is 0.263 e. The van der Waals surface area contributed by atoms with E-state index in [1.165, 1.54) is 11.3 Å². The monoisotopic (exact) mass is 391 g/mol. The van der Waals surface area contributed by atoms with Crippen LogP contribution in [-0.4, -0.2) is 29.4 Å². The van der Waals surface area contributed by atoms with Crippen LogP contribution < -0.4 is 10.2 Å². The van der Waals surface area contributed by atoms with Crippen molar-refractivity contribution in [3.05, 3.63) is 81.8 Å². The van der Waals surface area contributed by atoms with Crippen LogP contribution in [0.4, 0.5) is 5.69 Å². The fourth-order valence-corrected chi connectivity index (χ4v) is 4.41. The van der Waals surface area contributed by atoms with Gasteiger partial charge in [0.2, 0.25) is 5.91 Å². The van der Waals surface area contributed by atoms with Crippen LogP contribution in [0.5, 0.6) is 0 Å². The highest BCUT2D eigenvalue weighted by Gasteiger charge is 2.34. The molecule has 1 aliphatic heterocycles. The molecule has 1 atom stereocenters. The van der Waals surface area contributed by atoms with Crippen LogP contribution in [0.2, 0.25) is 0 Å². The van der Waals surface area contributed by atoms with Crippen molar-refractivity contribution in [2.45, 2.75) is 25.8 Å². The number of nitrogens with zero attached hydrogens (tertiary/aromatic N) is 2. The summed E-state index contributed by atoms with van der Waals surface area (Å²) in [5, 5.41) is 3.80. The largest absolute Gasteiger partial charge is 0.339 e. The summed E-state index contributed by atoms with van der Waals surface area (Å²) < 4.78 is 0. The summed E-state index contributed by atoms with van der Waals surface area (Å²) in [6.07, 6.45) is 1.30. The molecule has 5 nitrogen and oxygen atoms in total. The van der Waals surface area contributed by atoms with Gasteiger partial charge in [0, 0.05) is 18.7 Å². The van der Waals surface area contributed by atoms with Crippen molar-refractivity contribution in [1.29, 1.82) is 0 Å². The highest BCUT2D eigenvalue weighted by atomic mass is 32.1. The Labute approximate surface area is 168 Å². The first-order chi connectivity index (χ1) is 13.6. The number of hydrogen-bond donors (Lipinski definition) is 1. The molecule has 2 heterocycles. The van der Waals surface area contributed by atoms with E-state index in [1.54, 1.807) is 4.90 Å². The average molecular weight is 391 g/mol. The number of hydrogen-bond acceptors (Lipinski definition) is 4. The van der Waals surface area contributed by atoms with E-state index in [2.05, 4.69) is 10.3 Å². The fourth-order valence-electron chi connectivity index (χ4n) is 3.41. The molecule has 142 valence electrons. The number of carbonyl (C=O) groups is 2. The molecule has 2 aromatic carbocycles. The highest BCUT2D eigenvalue weighted by molar-refractivity contribution is 7.13. The lowest BCUT2D eigenvalue weighted by atomic mass is 10.2. The van der Waals surface area contributed by atoms with E-state index in [0.29, 0.717) is 30.0 Å². The Morgan fingerprint density at radius 2 is 1.82 bits per heavy atom. The first kappa shape index (κ1) is 18.4. The van der Waals surface area contributed by atoms with Gasteiger partial charge in [-0.15, -0.1) is 11.3 Å². The lowest BCUT2D eigenvalue weighted by Gasteiger charge is -2.17. The molecule has 0 radical (unpaired) electrons. The molecule has 3 aromatic rings. The van der Waals surface area contributed by atoms with Crippen LogP contribution in [0.3, 0.4) is 0 Å². The van der Waals surface area contributed by atoms with Crippen molar-refractivity contribution in [2.75, 3.05) is 11.4 Å². The molecule has 1 aliphatic rings. The quantitative estimate of drug-likeness (QED) is 0.723. The molecule has 2 amide bonds. The SMILES string of the molecule is Cc1nc(Cc2ccccc2)sc1C(=O)NC1CCN(c2ccccc2)C1=O. The van der Waals surface area contributed by atoms with Crippen molar-refractivity contribution < 1.29 is 9.59 Å². The maximum atomic E-state index is 12.8. The van der Waals surface area contributed by atoms with Gasteiger partial charge in [0.15, 0.2) is 0 Å². The number of carbonyl (C=O) groups excluding carboxylic acids is 2. The second kappa shape index (κ2) is 7.94. The van der Waals surface area contributed by atoms with Crippen LogP contribution in [-0.2, 0) is 11.2 Å². The van der Waals surface area contributed by atoms with Crippen LogP contribution in [0.25, 0.3) is 0 Å². The minimum atomic E-state index is -0.494. The topological polar surface area (TPSA) is 62.3 Å². The first-order valence-electron chi connectivity index (χ1n) is 9.29. The molecule has 28 heavy (non-hydrogen) atoms. The summed E-state index contributed by atoms with van der Waals surface area (Å²) in [6.45, 7) is 2.45. The summed E-state index contributed by atoms with van der Waals surface area (Å²) in [5.41, 5.74) is 2.73. The van der Waals surface area contributed by atoms with Crippen LogP contribution in [0.1, 0.15) is 32.4 Å². The van der Waals surface area contributed by atoms with E-state index in [1.807, 2.05) is 67.6 Å². The number of anilines is 1. The van der Waals surface area contributed by atoms with E-state index in [0.717, 1.165) is 16.3 Å². The van der Waals surface area contributed by atoms with Gasteiger partial charge >= 0.3 is 0 Å². The zero-order chi connectivity index (χ0) is 19.5. The summed E-state index contributed by atoms with van der Waals surface area (Å²) in [4.78, 5) is 32.3. The summed E-state index contributed by atoms with van der Waals surface area (Å²) in [7, 11) is 0. The molecule has 1 fully saturated rings. The minimum absolute atomic E-state index is 0.0637. The number of aryl methyl sites for hydroxylation is 1. The standard InChI is InChI=1S/C22H21N3O2S/c1-15-20(28-19(23-15)14-16-8-4-2-5-9-16)21(26)24-18-12-13-25(22(18)27)17-10-6-3-7-11-17/h2-11,18H,12-14H2,1H3,(H,24,26). The van der Waals surface area contributed by atoms with E-state index in [4.69, 9.17) is 0 Å². The summed E-state index contributed by atoms with van der Waals surface area (Å²) >= 11 is 1.40. The van der Waals surface area contributed by atoms with Gasteiger partial charge in [-0.1, -0.05) is 48.5 Å². The van der Waals surface area contributed by atoms with E-state index in [9.17, 15) is 9.59 Å². The molecule has 6 heteroatoms. The second-order valence-electron chi connectivity index (χ2n) is 6.82. The molecule has 0 aliphatic carbocycles. The van der Waals surface area contributed by atoms with Crippen LogP contribution >= 0.6 is 11.3 Å². The molecule has 0 spiro atoms. The minimum Gasteiger partial charge on any atom is -0.339 e. The Balaban J connectivity index is 1.43. The lowest BCUT2D eigenvalue weighted by Crippen LogP contribution is -2.41. The molecule has 4 rings (SSSR count). The van der Waals surface area contributed by atoms with Gasteiger partial charge in [0.1, 0.15) is 10.9 Å². The third kappa shape index (κ3) is 3.82. The normalized spacial score (nSPS) is 16.4. The number of benzene rings is 2. The van der Waals surface area contributed by atoms with E-state index >= 15 is 0 Å². The number of rotatable bonds is 5. The zero-order valence-electron chi connectivity index (χ0n) is 15.6. The van der Waals surface area contributed by atoms with Gasteiger partial charge in [-0.25, -0.2) is 4.98 Å². The van der Waals surface area contributed by atoms with Crippen molar-refractivity contribution in [1.82, 2.24) is 10.3 Å². The Kier molecular flexibility index (Phi) is 5.21. The number of thiazole rings is 1. The van der Waals surface area contributed by atoms with E-state index in [-0.39, 0.29) is 11.8 Å². The number of para-hydroxylation sites is 1. The molecule has 0 saturated carbocycles. The van der Waals surface area contributed by atoms with Crippen LogP contribution in [0.15, 0.2) is 60.7 Å². The van der Waals surface area contributed by atoms with Gasteiger partial charge in [-0.05, 0) is 31.0 Å². The second-order valence-corrected chi connectivity index (χ2v) is 7.91. The first-order valence-corrected chi connectivity index (χ1v) is 10.1. The number of aromatic nitrogens is 1. The Morgan fingerprint density at radius 3 is 2.54 bits per heavy atom. The van der Waals surface area contributed by atoms with Gasteiger partial charge in [-0.3, -0.25) is 9.59 Å². The Morgan fingerprint density at radius 1 is 1.14 bits per heavy atom. The van der Waals surface area contributed by atoms with Gasteiger partial charge in [0.05, 0.1) is 10.7 Å². The van der Waals surface area contributed by atoms with Crippen molar-refractivity contribution in [3.63, 3.8) is 0 Å². The lowest BCUT2D eigenvalue weighted by molar-refractivity contribution is -0.118. The third-order valence-electron chi connectivity index (χ3n) is 4.82. The van der Waals surface area contributed by atoms with Crippen LogP contribution in [0, 0.1) is 6.92 Å². The number of amides is 2. The molecular weight excluding hydrogens is 370 g/mol. The van der Waals surface area contributed by atoms with Crippen molar-refractivity contribution in [2.24, 2.45) is 0 Å². The number of nitrogens with one attached hydrogen (secondary N) is 1. The highest BCUT2D eigenvalue weighted by Crippen LogP contribution is 2.24. The van der Waals surface area contributed by atoms with Gasteiger partial charge in [-0.2, -0.15) is 0 Å².